The van der Waals surface area contributed by atoms with Crippen LogP contribution in [-0.4, -0.2) is 36.8 Å². The van der Waals surface area contributed by atoms with Crippen molar-refractivity contribution in [3.63, 3.8) is 0 Å². The quantitative estimate of drug-likeness (QED) is 0.610. The van der Waals surface area contributed by atoms with E-state index in [-0.39, 0.29) is 12.0 Å². The normalized spacial score (nSPS) is 13.3. The van der Waals surface area contributed by atoms with Crippen molar-refractivity contribution in [3.05, 3.63) is 16.1 Å². The molecule has 0 unspecified atom stereocenters. The summed E-state index contributed by atoms with van der Waals surface area (Å²) in [5.74, 6) is 0.407. The van der Waals surface area contributed by atoms with Gasteiger partial charge >= 0.3 is 6.18 Å². The number of aliphatic imine (C=N–C) groups is 1. The summed E-state index contributed by atoms with van der Waals surface area (Å²) in [5, 5.41) is 9.04. The number of alkyl halides is 3. The Kier molecular flexibility index (Phi) is 7.31. The predicted octanol–water partition coefficient (Wildman–Crippen LogP) is 3.49. The molecule has 0 fully saturated rings. The molecular formula is C15H25F3N4S. The van der Waals surface area contributed by atoms with Crippen molar-refractivity contribution in [3.8, 4) is 0 Å². The Morgan fingerprint density at radius 3 is 2.48 bits per heavy atom. The average molecular weight is 350 g/mol. The van der Waals surface area contributed by atoms with Crippen LogP contribution in [0.2, 0.25) is 0 Å². The van der Waals surface area contributed by atoms with Crippen LogP contribution in [0, 0.1) is 0 Å². The fourth-order valence-corrected chi connectivity index (χ4v) is 2.72. The first kappa shape index (κ1) is 19.7. The molecule has 0 bridgehead atoms. The molecule has 0 aliphatic heterocycles. The van der Waals surface area contributed by atoms with Crippen LogP contribution in [-0.2, 0) is 11.8 Å². The van der Waals surface area contributed by atoms with Gasteiger partial charge in [-0.1, -0.05) is 20.8 Å². The summed E-state index contributed by atoms with van der Waals surface area (Å²) >= 11 is 1.60. The van der Waals surface area contributed by atoms with Crippen LogP contribution in [0.4, 0.5) is 13.2 Å². The minimum atomic E-state index is -4.18. The monoisotopic (exact) mass is 350 g/mol. The Morgan fingerprint density at radius 2 is 1.96 bits per heavy atom. The van der Waals surface area contributed by atoms with Crippen LogP contribution in [0.25, 0.3) is 0 Å². The van der Waals surface area contributed by atoms with Gasteiger partial charge in [-0.05, 0) is 6.92 Å². The summed E-state index contributed by atoms with van der Waals surface area (Å²) in [7, 11) is 0. The Morgan fingerprint density at radius 1 is 1.26 bits per heavy atom. The second-order valence-corrected chi connectivity index (χ2v) is 7.12. The molecule has 1 aromatic rings. The third-order valence-electron chi connectivity index (χ3n) is 2.96. The maximum absolute atomic E-state index is 12.1. The van der Waals surface area contributed by atoms with Gasteiger partial charge in [-0.2, -0.15) is 13.2 Å². The van der Waals surface area contributed by atoms with Gasteiger partial charge in [-0.25, -0.2) is 4.98 Å². The molecule has 0 radical (unpaired) electrons. The van der Waals surface area contributed by atoms with Gasteiger partial charge in [0, 0.05) is 30.3 Å². The van der Waals surface area contributed by atoms with E-state index in [1.165, 1.54) is 0 Å². The molecule has 0 aromatic carbocycles. The van der Waals surface area contributed by atoms with Crippen molar-refractivity contribution in [2.45, 2.75) is 52.1 Å². The molecular weight excluding hydrogens is 325 g/mol. The number of halogens is 3. The molecule has 132 valence electrons. The van der Waals surface area contributed by atoms with E-state index in [1.54, 1.807) is 11.3 Å². The SMILES string of the molecule is CCNC(=NCCC(F)(F)F)NCCc1nc(C(C)(C)C)cs1. The summed E-state index contributed by atoms with van der Waals surface area (Å²) in [6.45, 7) is 9.11. The highest BCUT2D eigenvalue weighted by molar-refractivity contribution is 7.09. The zero-order valence-electron chi connectivity index (χ0n) is 14.0. The van der Waals surface area contributed by atoms with Crippen LogP contribution in [0.5, 0.6) is 0 Å². The van der Waals surface area contributed by atoms with E-state index in [2.05, 4.69) is 46.8 Å². The minimum Gasteiger partial charge on any atom is -0.357 e. The largest absolute Gasteiger partial charge is 0.390 e. The summed E-state index contributed by atoms with van der Waals surface area (Å²) in [4.78, 5) is 8.52. The number of thiazole rings is 1. The molecule has 0 atom stereocenters. The van der Waals surface area contributed by atoms with E-state index >= 15 is 0 Å². The molecule has 0 spiro atoms. The van der Waals surface area contributed by atoms with Crippen molar-refractivity contribution in [1.29, 1.82) is 0 Å². The molecule has 0 aliphatic carbocycles. The van der Waals surface area contributed by atoms with E-state index in [0.717, 1.165) is 10.7 Å². The van der Waals surface area contributed by atoms with E-state index < -0.39 is 12.6 Å². The first-order valence-electron chi connectivity index (χ1n) is 7.65. The van der Waals surface area contributed by atoms with Gasteiger partial charge < -0.3 is 10.6 Å². The van der Waals surface area contributed by atoms with Crippen LogP contribution in [0.3, 0.4) is 0 Å². The predicted molar refractivity (Wildman–Crippen MR) is 89.2 cm³/mol. The van der Waals surface area contributed by atoms with Gasteiger partial charge in [0.15, 0.2) is 5.96 Å². The summed E-state index contributed by atoms with van der Waals surface area (Å²) in [6.07, 6.45) is -4.37. The number of hydrogen-bond acceptors (Lipinski definition) is 3. The number of nitrogens with one attached hydrogen (secondary N) is 2. The lowest BCUT2D eigenvalue weighted by Gasteiger charge is -2.14. The summed E-state index contributed by atoms with van der Waals surface area (Å²) in [5.41, 5.74) is 1.08. The molecule has 1 rings (SSSR count). The molecule has 0 saturated carbocycles. The minimum absolute atomic E-state index is 0.0240. The molecule has 0 saturated heterocycles. The van der Waals surface area contributed by atoms with E-state index in [0.29, 0.717) is 25.5 Å². The smallest absolute Gasteiger partial charge is 0.357 e. The van der Waals surface area contributed by atoms with Crippen LogP contribution >= 0.6 is 11.3 Å². The fourth-order valence-electron chi connectivity index (χ4n) is 1.69. The Bertz CT molecular complexity index is 504. The second kappa shape index (κ2) is 8.52. The summed E-state index contributed by atoms with van der Waals surface area (Å²) in [6, 6.07) is 0. The van der Waals surface area contributed by atoms with Gasteiger partial charge in [-0.3, -0.25) is 4.99 Å². The van der Waals surface area contributed by atoms with Crippen LogP contribution < -0.4 is 10.6 Å². The van der Waals surface area contributed by atoms with Crippen molar-refractivity contribution < 1.29 is 13.2 Å². The number of guanidine groups is 1. The van der Waals surface area contributed by atoms with Gasteiger partial charge in [0.25, 0.3) is 0 Å². The van der Waals surface area contributed by atoms with Crippen LogP contribution in [0.15, 0.2) is 10.4 Å². The van der Waals surface area contributed by atoms with Crippen molar-refractivity contribution in [1.82, 2.24) is 15.6 Å². The van der Waals surface area contributed by atoms with Gasteiger partial charge in [-0.15, -0.1) is 11.3 Å². The number of rotatable bonds is 6. The highest BCUT2D eigenvalue weighted by Crippen LogP contribution is 2.23. The maximum atomic E-state index is 12.1. The molecule has 23 heavy (non-hydrogen) atoms. The highest BCUT2D eigenvalue weighted by Gasteiger charge is 2.26. The lowest BCUT2D eigenvalue weighted by Crippen LogP contribution is -2.38. The molecule has 4 nitrogen and oxygen atoms in total. The topological polar surface area (TPSA) is 49.3 Å². The van der Waals surface area contributed by atoms with E-state index in [4.69, 9.17) is 0 Å². The lowest BCUT2D eigenvalue weighted by molar-refractivity contribution is -0.132. The Labute approximate surface area is 139 Å². The summed E-state index contributed by atoms with van der Waals surface area (Å²) < 4.78 is 36.4. The van der Waals surface area contributed by atoms with Crippen molar-refractivity contribution >= 4 is 17.3 Å². The van der Waals surface area contributed by atoms with Crippen LogP contribution in [0.1, 0.15) is 44.8 Å². The number of hydrogen-bond donors (Lipinski definition) is 2. The molecule has 1 heterocycles. The molecule has 2 N–H and O–H groups in total. The molecule has 1 aromatic heterocycles. The zero-order valence-corrected chi connectivity index (χ0v) is 14.9. The number of nitrogens with zero attached hydrogens (tertiary/aromatic N) is 2. The lowest BCUT2D eigenvalue weighted by atomic mass is 9.93. The Hall–Kier alpha value is -1.31. The van der Waals surface area contributed by atoms with Gasteiger partial charge in [0.1, 0.15) is 0 Å². The van der Waals surface area contributed by atoms with E-state index in [1.807, 2.05) is 6.92 Å². The first-order valence-corrected chi connectivity index (χ1v) is 8.53. The van der Waals surface area contributed by atoms with Gasteiger partial charge in [0.05, 0.1) is 23.7 Å². The highest BCUT2D eigenvalue weighted by atomic mass is 32.1. The first-order chi connectivity index (χ1) is 10.6. The van der Waals surface area contributed by atoms with Crippen molar-refractivity contribution in [2.75, 3.05) is 19.6 Å². The molecule has 0 aliphatic rings. The van der Waals surface area contributed by atoms with E-state index in [9.17, 15) is 13.2 Å². The third-order valence-corrected chi connectivity index (χ3v) is 3.87. The van der Waals surface area contributed by atoms with Gasteiger partial charge in [0.2, 0.25) is 0 Å². The molecule has 8 heteroatoms. The standard InChI is InChI=1S/C15H25F3N4S/c1-5-19-13(21-9-7-15(16,17)18)20-8-6-12-22-11(10-23-12)14(2,3)4/h10H,5-9H2,1-4H3,(H2,19,20,21). The van der Waals surface area contributed by atoms with Crippen molar-refractivity contribution in [2.24, 2.45) is 4.99 Å². The third kappa shape index (κ3) is 8.20. The number of aromatic nitrogens is 1. The maximum Gasteiger partial charge on any atom is 0.390 e. The average Bonchev–Trinajstić information content (AvgIpc) is 2.86. The fraction of sp³-hybridized carbons (Fsp3) is 0.733. The molecule has 0 amide bonds. The Balaban J connectivity index is 2.46. The second-order valence-electron chi connectivity index (χ2n) is 6.18. The zero-order chi connectivity index (χ0) is 17.5.